The van der Waals surface area contributed by atoms with Crippen molar-refractivity contribution in [3.05, 3.63) is 35.5 Å². The zero-order valence-corrected chi connectivity index (χ0v) is 7.33. The van der Waals surface area contributed by atoms with Gasteiger partial charge in [0, 0.05) is 25.4 Å². The first-order chi connectivity index (χ1) is 5.33. The summed E-state index contributed by atoms with van der Waals surface area (Å²) in [6, 6.07) is 0. The van der Waals surface area contributed by atoms with Crippen LogP contribution in [0, 0.1) is 0 Å². The van der Waals surface area contributed by atoms with Gasteiger partial charge in [0.2, 0.25) is 5.79 Å². The van der Waals surface area contributed by atoms with Gasteiger partial charge in [0.15, 0.2) is 0 Å². The van der Waals surface area contributed by atoms with E-state index in [1.807, 2.05) is 24.3 Å². The van der Waals surface area contributed by atoms with Crippen LogP contribution in [0.5, 0.6) is 0 Å². The Morgan fingerprint density at radius 2 is 1.42 bits per heavy atom. The van der Waals surface area contributed by atoms with Gasteiger partial charge in [-0.05, 0) is 0 Å². The number of fused-ring (bicyclic) bond motifs is 2. The SMILES string of the molecule is COC1(OC)C2=CC=C1C=C2.N. The van der Waals surface area contributed by atoms with E-state index in [4.69, 9.17) is 9.47 Å². The molecule has 2 bridgehead atoms. The first kappa shape index (κ1) is 9.19. The summed E-state index contributed by atoms with van der Waals surface area (Å²) in [6.45, 7) is 0. The van der Waals surface area contributed by atoms with Crippen molar-refractivity contribution in [1.29, 1.82) is 0 Å². The van der Waals surface area contributed by atoms with Crippen LogP contribution in [0.1, 0.15) is 0 Å². The van der Waals surface area contributed by atoms with E-state index in [1.165, 1.54) is 0 Å². The van der Waals surface area contributed by atoms with E-state index in [0.717, 1.165) is 11.1 Å². The van der Waals surface area contributed by atoms with Gasteiger partial charge in [0.05, 0.1) is 0 Å². The standard InChI is InChI=1S/C9H10O2.H3N/c1-10-9(11-2)7-3-4-8(9)6-5-7;/h3-6H,1-2H3;1H3. The summed E-state index contributed by atoms with van der Waals surface area (Å²) in [7, 11) is 3.31. The Balaban J connectivity index is 0.000000720. The van der Waals surface area contributed by atoms with Crippen molar-refractivity contribution in [3.8, 4) is 0 Å². The van der Waals surface area contributed by atoms with Crippen LogP contribution in [0.2, 0.25) is 0 Å². The third kappa shape index (κ3) is 0.813. The Bertz CT molecular complexity index is 248. The molecular formula is C9H13NO2. The average Bonchev–Trinajstić information content (AvgIpc) is 2.59. The Morgan fingerprint density at radius 3 is 1.58 bits per heavy atom. The van der Waals surface area contributed by atoms with Crippen LogP contribution in [0.4, 0.5) is 0 Å². The highest BCUT2D eigenvalue weighted by atomic mass is 16.7. The summed E-state index contributed by atoms with van der Waals surface area (Å²) >= 11 is 0. The smallest absolute Gasteiger partial charge is 0.221 e. The number of methoxy groups -OCH3 is 2. The number of hydrogen-bond donors (Lipinski definition) is 1. The molecule has 0 aromatic rings. The number of rotatable bonds is 2. The molecule has 3 heteroatoms. The Hall–Kier alpha value is -0.900. The molecule has 12 heavy (non-hydrogen) atoms. The second-order valence-electron chi connectivity index (χ2n) is 2.60. The molecule has 2 aliphatic carbocycles. The molecule has 66 valence electrons. The molecule has 2 rings (SSSR count). The maximum atomic E-state index is 5.31. The van der Waals surface area contributed by atoms with Crippen LogP contribution in [-0.2, 0) is 9.47 Å². The summed E-state index contributed by atoms with van der Waals surface area (Å²) in [5.41, 5.74) is 2.16. The fraction of sp³-hybridized carbons (Fsp3) is 0.333. The third-order valence-electron chi connectivity index (χ3n) is 2.22. The minimum atomic E-state index is -0.583. The summed E-state index contributed by atoms with van der Waals surface area (Å²) in [5.74, 6) is -0.583. The second-order valence-corrected chi connectivity index (χ2v) is 2.60. The monoisotopic (exact) mass is 167 g/mol. The topological polar surface area (TPSA) is 53.5 Å². The Labute approximate surface area is 71.9 Å². The van der Waals surface area contributed by atoms with Crippen LogP contribution in [0.3, 0.4) is 0 Å². The van der Waals surface area contributed by atoms with E-state index in [2.05, 4.69) is 0 Å². The minimum absolute atomic E-state index is 0. The lowest BCUT2D eigenvalue weighted by atomic mass is 10.1. The molecule has 0 saturated heterocycles. The third-order valence-corrected chi connectivity index (χ3v) is 2.22. The van der Waals surface area contributed by atoms with Crippen LogP contribution < -0.4 is 6.15 Å². The molecule has 0 atom stereocenters. The molecule has 3 nitrogen and oxygen atoms in total. The lowest BCUT2D eigenvalue weighted by Gasteiger charge is -2.26. The highest BCUT2D eigenvalue weighted by Gasteiger charge is 2.42. The van der Waals surface area contributed by atoms with E-state index in [0.29, 0.717) is 0 Å². The minimum Gasteiger partial charge on any atom is -0.346 e. The molecule has 0 saturated carbocycles. The molecule has 0 fully saturated rings. The average molecular weight is 167 g/mol. The first-order valence-corrected chi connectivity index (χ1v) is 3.55. The highest BCUT2D eigenvalue weighted by Crippen LogP contribution is 2.41. The summed E-state index contributed by atoms with van der Waals surface area (Å²) in [4.78, 5) is 0. The van der Waals surface area contributed by atoms with Gasteiger partial charge < -0.3 is 15.6 Å². The number of ether oxygens (including phenoxy) is 2. The molecule has 0 amide bonds. The Kier molecular flexibility index (Phi) is 2.19. The predicted octanol–water partition coefficient (Wildman–Crippen LogP) is 1.57. The fourth-order valence-corrected chi connectivity index (χ4v) is 1.63. The van der Waals surface area contributed by atoms with E-state index < -0.39 is 5.79 Å². The summed E-state index contributed by atoms with van der Waals surface area (Å²) < 4.78 is 10.6. The molecule has 0 radical (unpaired) electrons. The van der Waals surface area contributed by atoms with Crippen molar-refractivity contribution in [2.45, 2.75) is 5.79 Å². The zero-order chi connectivity index (χ0) is 7.90. The molecular weight excluding hydrogens is 154 g/mol. The molecule has 3 N–H and O–H groups in total. The van der Waals surface area contributed by atoms with Crippen LogP contribution >= 0.6 is 0 Å². The van der Waals surface area contributed by atoms with Crippen molar-refractivity contribution in [2.75, 3.05) is 14.2 Å². The summed E-state index contributed by atoms with van der Waals surface area (Å²) in [5, 5.41) is 0. The van der Waals surface area contributed by atoms with Crippen molar-refractivity contribution < 1.29 is 9.47 Å². The molecule has 0 spiro atoms. The van der Waals surface area contributed by atoms with Crippen molar-refractivity contribution in [2.24, 2.45) is 0 Å². The van der Waals surface area contributed by atoms with Crippen LogP contribution in [-0.4, -0.2) is 20.0 Å². The van der Waals surface area contributed by atoms with Crippen LogP contribution in [0.25, 0.3) is 0 Å². The number of hydrogen-bond acceptors (Lipinski definition) is 3. The van der Waals surface area contributed by atoms with Gasteiger partial charge in [-0.3, -0.25) is 0 Å². The lowest BCUT2D eigenvalue weighted by Crippen LogP contribution is -2.32. The van der Waals surface area contributed by atoms with E-state index in [-0.39, 0.29) is 6.15 Å². The first-order valence-electron chi connectivity index (χ1n) is 3.55. The second kappa shape index (κ2) is 2.86. The van der Waals surface area contributed by atoms with Gasteiger partial charge in [-0.2, -0.15) is 0 Å². The normalized spacial score (nSPS) is 21.8. The van der Waals surface area contributed by atoms with Gasteiger partial charge in [0.1, 0.15) is 0 Å². The highest BCUT2D eigenvalue weighted by molar-refractivity contribution is 5.58. The zero-order valence-electron chi connectivity index (χ0n) is 7.33. The molecule has 0 aromatic heterocycles. The number of allylic oxidation sites excluding steroid dienone is 2. The van der Waals surface area contributed by atoms with Crippen LogP contribution in [0.15, 0.2) is 35.5 Å². The maximum absolute atomic E-state index is 5.31. The predicted molar refractivity (Wildman–Crippen MR) is 47.1 cm³/mol. The van der Waals surface area contributed by atoms with Gasteiger partial charge in [-0.1, -0.05) is 24.3 Å². The molecule has 0 aromatic carbocycles. The molecule has 2 aliphatic rings. The van der Waals surface area contributed by atoms with Gasteiger partial charge in [0.25, 0.3) is 0 Å². The molecule has 0 heterocycles. The molecule has 0 unspecified atom stereocenters. The van der Waals surface area contributed by atoms with Crippen molar-refractivity contribution >= 4 is 0 Å². The van der Waals surface area contributed by atoms with Gasteiger partial charge >= 0.3 is 0 Å². The van der Waals surface area contributed by atoms with Crippen molar-refractivity contribution in [3.63, 3.8) is 0 Å². The van der Waals surface area contributed by atoms with E-state index in [9.17, 15) is 0 Å². The summed E-state index contributed by atoms with van der Waals surface area (Å²) in [6.07, 6.45) is 8.06. The maximum Gasteiger partial charge on any atom is 0.221 e. The fourth-order valence-electron chi connectivity index (χ4n) is 1.63. The lowest BCUT2D eigenvalue weighted by molar-refractivity contribution is -0.141. The van der Waals surface area contributed by atoms with Gasteiger partial charge in [-0.25, -0.2) is 0 Å². The van der Waals surface area contributed by atoms with Gasteiger partial charge in [-0.15, -0.1) is 0 Å². The van der Waals surface area contributed by atoms with E-state index >= 15 is 0 Å². The Morgan fingerprint density at radius 1 is 1.00 bits per heavy atom. The largest absolute Gasteiger partial charge is 0.346 e. The quantitative estimate of drug-likeness (QED) is 0.635. The van der Waals surface area contributed by atoms with Crippen molar-refractivity contribution in [1.82, 2.24) is 6.15 Å². The molecule has 0 aliphatic heterocycles. The van der Waals surface area contributed by atoms with E-state index in [1.54, 1.807) is 14.2 Å².